The Morgan fingerprint density at radius 1 is 1.31 bits per heavy atom. The highest BCUT2D eigenvalue weighted by Crippen LogP contribution is 2.09. The lowest BCUT2D eigenvalue weighted by atomic mass is 10.1. The zero-order valence-electron chi connectivity index (χ0n) is 17.2. The van der Waals surface area contributed by atoms with Crippen LogP contribution in [-0.2, 0) is 0 Å². The molecule has 0 fully saturated rings. The van der Waals surface area contributed by atoms with E-state index in [2.05, 4.69) is 44.0 Å². The first-order valence-corrected chi connectivity index (χ1v) is 9.37. The van der Waals surface area contributed by atoms with E-state index in [1.165, 1.54) is 0 Å². The number of hydrogen-bond donors (Lipinski definition) is 3. The van der Waals surface area contributed by atoms with Crippen molar-refractivity contribution in [3.63, 3.8) is 0 Å². The van der Waals surface area contributed by atoms with Crippen molar-refractivity contribution in [1.82, 2.24) is 20.8 Å². The van der Waals surface area contributed by atoms with Gasteiger partial charge in [0.25, 0.3) is 0 Å². The number of amidine groups is 1. The Morgan fingerprint density at radius 3 is 2.90 bits per heavy atom. The first kappa shape index (κ1) is 21.6. The van der Waals surface area contributed by atoms with Gasteiger partial charge in [0.2, 0.25) is 0 Å². The van der Waals surface area contributed by atoms with Gasteiger partial charge in [-0.05, 0) is 38.5 Å². The lowest BCUT2D eigenvalue weighted by Crippen LogP contribution is -2.23. The predicted octanol–water partition coefficient (Wildman–Crippen LogP) is 2.60. The fraction of sp³-hybridized carbons (Fsp3) is 0.174. The number of rotatable bonds is 5. The average molecular weight is 389 g/mol. The maximum Gasteiger partial charge on any atom is 0.160 e. The van der Waals surface area contributed by atoms with E-state index in [0.29, 0.717) is 18.1 Å². The van der Waals surface area contributed by atoms with Gasteiger partial charge in [0.05, 0.1) is 17.9 Å². The van der Waals surface area contributed by atoms with Gasteiger partial charge in [0.1, 0.15) is 0 Å². The van der Waals surface area contributed by atoms with Crippen molar-refractivity contribution in [3.05, 3.63) is 89.0 Å². The third kappa shape index (κ3) is 7.10. The normalized spacial score (nSPS) is 21.8. The minimum Gasteiger partial charge on any atom is -0.385 e. The molecule has 0 bridgehead atoms. The number of aliphatic imine (C=N–C) groups is 2. The summed E-state index contributed by atoms with van der Waals surface area (Å²) in [7, 11) is 0. The zero-order chi connectivity index (χ0) is 21.1. The van der Waals surface area contributed by atoms with Gasteiger partial charge < -0.3 is 10.6 Å². The number of hydrogen-bond acceptors (Lipinski definition) is 3. The molecule has 3 N–H and O–H groups in total. The summed E-state index contributed by atoms with van der Waals surface area (Å²) in [5.74, 6) is 0.583. The molecule has 1 aromatic heterocycles. The fourth-order valence-electron chi connectivity index (χ4n) is 2.51. The number of aromatic amines is 1. The van der Waals surface area contributed by atoms with Crippen LogP contribution < -0.4 is 21.2 Å². The van der Waals surface area contributed by atoms with Crippen LogP contribution in [0.5, 0.6) is 0 Å². The number of nitrogens with zero attached hydrogens (tertiary/aromatic N) is 3. The molecule has 150 valence electrons. The van der Waals surface area contributed by atoms with Crippen molar-refractivity contribution >= 4 is 24.3 Å². The van der Waals surface area contributed by atoms with Crippen LogP contribution >= 0.6 is 0 Å². The molecule has 0 saturated heterocycles. The first-order chi connectivity index (χ1) is 14.0. The van der Waals surface area contributed by atoms with Gasteiger partial charge in [0, 0.05) is 34.9 Å². The van der Waals surface area contributed by atoms with E-state index in [4.69, 9.17) is 0 Å². The van der Waals surface area contributed by atoms with E-state index in [9.17, 15) is 0 Å². The lowest BCUT2D eigenvalue weighted by Gasteiger charge is -2.04. The molecule has 1 aliphatic rings. The lowest BCUT2D eigenvalue weighted by molar-refractivity contribution is 0.903. The van der Waals surface area contributed by atoms with Crippen LogP contribution in [0.25, 0.3) is 12.2 Å². The highest BCUT2D eigenvalue weighted by Gasteiger charge is 2.03. The molecule has 6 nitrogen and oxygen atoms in total. The third-order valence-corrected chi connectivity index (χ3v) is 3.94. The van der Waals surface area contributed by atoms with Gasteiger partial charge in [-0.3, -0.25) is 5.10 Å². The van der Waals surface area contributed by atoms with Crippen LogP contribution in [0.3, 0.4) is 0 Å². The summed E-state index contributed by atoms with van der Waals surface area (Å²) in [6.45, 7) is 14.6. The van der Waals surface area contributed by atoms with E-state index in [0.717, 1.165) is 27.4 Å². The molecule has 0 aromatic carbocycles. The third-order valence-electron chi connectivity index (χ3n) is 3.94. The standard InChI is InChI=1S/C23H28N6/c1-6-11-25-23(20-9-8-17(3)13-18(4)24-12-10-20)27-16-26-19(5)14-21-15-28-29-22(21)7-2/h6-11,13-16,24,29H,3,5,12H2,1-2,4H3,(H,25,26,27)/b9-8-,11-6-,18-13-,20-10+,21-14-,22-7+. The molecule has 0 amide bonds. The van der Waals surface area contributed by atoms with Crippen LogP contribution in [0, 0.1) is 0 Å². The van der Waals surface area contributed by atoms with E-state index in [1.807, 2.05) is 63.3 Å². The second-order valence-electron chi connectivity index (χ2n) is 6.31. The Labute approximate surface area is 171 Å². The Morgan fingerprint density at radius 2 is 2.14 bits per heavy atom. The van der Waals surface area contributed by atoms with Crippen molar-refractivity contribution in [2.45, 2.75) is 20.8 Å². The smallest absolute Gasteiger partial charge is 0.160 e. The quantitative estimate of drug-likeness (QED) is 0.536. The second kappa shape index (κ2) is 11.2. The maximum absolute atomic E-state index is 4.50. The summed E-state index contributed by atoms with van der Waals surface area (Å²) in [5.41, 5.74) is 3.55. The van der Waals surface area contributed by atoms with Gasteiger partial charge >= 0.3 is 0 Å². The largest absolute Gasteiger partial charge is 0.385 e. The van der Waals surface area contributed by atoms with Crippen LogP contribution in [0.1, 0.15) is 20.8 Å². The predicted molar refractivity (Wildman–Crippen MR) is 124 cm³/mol. The fourth-order valence-corrected chi connectivity index (χ4v) is 2.51. The second-order valence-corrected chi connectivity index (χ2v) is 6.31. The Balaban J connectivity index is 2.20. The first-order valence-electron chi connectivity index (χ1n) is 9.37. The summed E-state index contributed by atoms with van der Waals surface area (Å²) in [6.07, 6.45) is 18.7. The highest BCUT2D eigenvalue weighted by molar-refractivity contribution is 6.05. The summed E-state index contributed by atoms with van der Waals surface area (Å²) in [6, 6.07) is 0. The molecule has 0 saturated carbocycles. The van der Waals surface area contributed by atoms with Gasteiger partial charge in [-0.2, -0.15) is 5.10 Å². The molecule has 0 unspecified atom stereocenters. The molecule has 29 heavy (non-hydrogen) atoms. The van der Waals surface area contributed by atoms with Crippen LogP contribution in [0.2, 0.25) is 0 Å². The molecular weight excluding hydrogens is 360 g/mol. The van der Waals surface area contributed by atoms with Crippen molar-refractivity contribution < 1.29 is 0 Å². The minimum atomic E-state index is 0.583. The molecule has 0 aliphatic carbocycles. The van der Waals surface area contributed by atoms with Gasteiger partial charge in [-0.15, -0.1) is 0 Å². The Bertz CT molecular complexity index is 1040. The van der Waals surface area contributed by atoms with Gasteiger partial charge in [-0.25, -0.2) is 9.98 Å². The summed E-state index contributed by atoms with van der Waals surface area (Å²) in [4.78, 5) is 8.96. The van der Waals surface area contributed by atoms with Crippen molar-refractivity contribution in [2.24, 2.45) is 9.98 Å². The van der Waals surface area contributed by atoms with Crippen molar-refractivity contribution in [1.29, 1.82) is 0 Å². The average Bonchev–Trinajstić information content (AvgIpc) is 3.16. The zero-order valence-corrected chi connectivity index (χ0v) is 17.2. The number of aromatic nitrogens is 2. The van der Waals surface area contributed by atoms with Crippen LogP contribution in [0.4, 0.5) is 0 Å². The molecular formula is C23H28N6. The highest BCUT2D eigenvalue weighted by atomic mass is 15.1. The topological polar surface area (TPSA) is 77.5 Å². The molecule has 1 aliphatic heterocycles. The Hall–Kier alpha value is -3.67. The molecule has 1 aromatic rings. The summed E-state index contributed by atoms with van der Waals surface area (Å²) < 4.78 is 0. The van der Waals surface area contributed by atoms with E-state index in [-0.39, 0.29) is 0 Å². The maximum atomic E-state index is 4.50. The molecule has 6 heteroatoms. The molecule has 2 rings (SSSR count). The van der Waals surface area contributed by atoms with Gasteiger partial charge in [-0.1, -0.05) is 43.5 Å². The van der Waals surface area contributed by atoms with E-state index >= 15 is 0 Å². The Kier molecular flexibility index (Phi) is 8.38. The van der Waals surface area contributed by atoms with Crippen molar-refractivity contribution in [2.75, 3.05) is 6.54 Å². The molecule has 0 spiro atoms. The summed E-state index contributed by atoms with van der Waals surface area (Å²) in [5, 5.41) is 15.3. The van der Waals surface area contributed by atoms with Crippen LogP contribution in [-0.4, -0.2) is 28.9 Å². The summed E-state index contributed by atoms with van der Waals surface area (Å²) >= 11 is 0. The van der Waals surface area contributed by atoms with Crippen LogP contribution in [0.15, 0.2) is 88.5 Å². The SMILES string of the molecule is C=C1\C=C/C(C(=N/C=C\C)/N=C/NC(=C)/C=c2/cn[nH]/c2=C/C)=C\CN/C(C)=C\1. The number of nitrogens with one attached hydrogen (secondary N) is 3. The van der Waals surface area contributed by atoms with E-state index < -0.39 is 0 Å². The minimum absolute atomic E-state index is 0.583. The molecule has 0 radical (unpaired) electrons. The number of allylic oxidation sites excluding steroid dienone is 6. The number of H-pyrrole nitrogens is 1. The monoisotopic (exact) mass is 388 g/mol. The van der Waals surface area contributed by atoms with Crippen molar-refractivity contribution in [3.8, 4) is 0 Å². The van der Waals surface area contributed by atoms with E-state index in [1.54, 1.807) is 18.7 Å². The molecule has 2 heterocycles. The molecule has 0 atom stereocenters. The van der Waals surface area contributed by atoms with Gasteiger partial charge in [0.15, 0.2) is 5.84 Å².